The van der Waals surface area contributed by atoms with E-state index in [4.69, 9.17) is 9.97 Å². The van der Waals surface area contributed by atoms with Gasteiger partial charge in [-0.25, -0.2) is 9.97 Å². The van der Waals surface area contributed by atoms with E-state index in [0.717, 1.165) is 74.0 Å². The van der Waals surface area contributed by atoms with E-state index in [-0.39, 0.29) is 17.4 Å². The van der Waals surface area contributed by atoms with E-state index in [9.17, 15) is 9.90 Å². The number of aromatic nitrogens is 2. The van der Waals surface area contributed by atoms with E-state index >= 15 is 0 Å². The van der Waals surface area contributed by atoms with Gasteiger partial charge in [0.1, 0.15) is 0 Å². The van der Waals surface area contributed by atoms with Crippen LogP contribution in [0, 0.1) is 31.6 Å². The first kappa shape index (κ1) is 20.4. The first-order valence-electron chi connectivity index (χ1n) is 12.3. The van der Waals surface area contributed by atoms with E-state index < -0.39 is 5.60 Å². The van der Waals surface area contributed by atoms with Gasteiger partial charge < -0.3 is 15.3 Å². The Bertz CT molecular complexity index is 1070. The zero-order valence-electron chi connectivity index (χ0n) is 19.2. The molecule has 170 valence electrons. The van der Waals surface area contributed by atoms with Gasteiger partial charge in [-0.3, -0.25) is 4.79 Å². The maximum Gasteiger partial charge on any atom is 0.226 e. The van der Waals surface area contributed by atoms with Crippen LogP contribution in [0.1, 0.15) is 62.6 Å². The number of anilines is 1. The van der Waals surface area contributed by atoms with Crippen molar-refractivity contribution in [2.75, 3.05) is 18.0 Å². The molecular weight excluding hydrogens is 400 g/mol. The van der Waals surface area contributed by atoms with Gasteiger partial charge in [0.15, 0.2) is 0 Å². The van der Waals surface area contributed by atoms with Crippen LogP contribution in [0.4, 0.5) is 5.95 Å². The second kappa shape index (κ2) is 7.14. The number of piperidine rings is 1. The van der Waals surface area contributed by atoms with E-state index in [2.05, 4.69) is 35.3 Å². The molecule has 4 saturated carbocycles. The summed E-state index contributed by atoms with van der Waals surface area (Å²) in [4.78, 5) is 25.3. The van der Waals surface area contributed by atoms with Gasteiger partial charge in [0.05, 0.1) is 22.7 Å². The van der Waals surface area contributed by atoms with Gasteiger partial charge in [-0.05, 0) is 88.7 Å². The van der Waals surface area contributed by atoms with Crippen molar-refractivity contribution in [3.8, 4) is 0 Å². The number of aliphatic hydroxyl groups is 1. The molecule has 4 aliphatic carbocycles. The Labute approximate surface area is 189 Å². The molecule has 32 heavy (non-hydrogen) atoms. The Morgan fingerprint density at radius 2 is 1.94 bits per heavy atom. The maximum atomic E-state index is 13.4. The van der Waals surface area contributed by atoms with Crippen LogP contribution in [0.5, 0.6) is 0 Å². The van der Waals surface area contributed by atoms with Crippen molar-refractivity contribution in [3.05, 3.63) is 29.5 Å². The second-order valence-electron chi connectivity index (χ2n) is 11.4. The van der Waals surface area contributed by atoms with E-state index in [0.29, 0.717) is 18.4 Å². The van der Waals surface area contributed by atoms with Crippen molar-refractivity contribution in [1.82, 2.24) is 15.3 Å². The highest BCUT2D eigenvalue weighted by atomic mass is 16.3. The molecule has 6 heteroatoms. The third-order valence-electron chi connectivity index (χ3n) is 8.52. The fourth-order valence-corrected chi connectivity index (χ4v) is 7.62. The van der Waals surface area contributed by atoms with Crippen molar-refractivity contribution in [1.29, 1.82) is 0 Å². The minimum absolute atomic E-state index is 0.0523. The van der Waals surface area contributed by atoms with Gasteiger partial charge in [0.25, 0.3) is 0 Å². The average molecular weight is 435 g/mol. The van der Waals surface area contributed by atoms with Gasteiger partial charge in [-0.1, -0.05) is 12.1 Å². The standard InChI is InChI=1S/C26H34N4O2/c1-16-5-6-21-17(2)27-24(28-22(21)8-16)30-7-3-4-20(14-30)23(31)29-25-10-18-9-19(11-25)13-26(32,12-18)15-25/h5-6,8,18-20,32H,3-4,7,9-15H2,1-2H3,(H,29,31)/t18-,19-,20-,25?,26?/m0/s1. The van der Waals surface area contributed by atoms with E-state index in [1.54, 1.807) is 0 Å². The minimum Gasteiger partial charge on any atom is -0.390 e. The molecule has 6 nitrogen and oxygen atoms in total. The molecule has 7 rings (SSSR count). The summed E-state index contributed by atoms with van der Waals surface area (Å²) < 4.78 is 0. The lowest BCUT2D eigenvalue weighted by molar-refractivity contribution is -0.152. The summed E-state index contributed by atoms with van der Waals surface area (Å²) in [6.07, 6.45) is 7.78. The molecule has 0 radical (unpaired) electrons. The summed E-state index contributed by atoms with van der Waals surface area (Å²) in [6, 6.07) is 6.30. The number of amides is 1. The van der Waals surface area contributed by atoms with Crippen LogP contribution >= 0.6 is 0 Å². The third-order valence-corrected chi connectivity index (χ3v) is 8.52. The van der Waals surface area contributed by atoms with Crippen molar-refractivity contribution in [2.24, 2.45) is 17.8 Å². The van der Waals surface area contributed by atoms with Crippen molar-refractivity contribution >= 4 is 22.8 Å². The molecule has 1 amide bonds. The Hall–Kier alpha value is -2.21. The smallest absolute Gasteiger partial charge is 0.226 e. The number of fused-ring (bicyclic) bond motifs is 1. The largest absolute Gasteiger partial charge is 0.390 e. The summed E-state index contributed by atoms with van der Waals surface area (Å²) in [6.45, 7) is 5.67. The van der Waals surface area contributed by atoms with Crippen molar-refractivity contribution in [3.63, 3.8) is 0 Å². The molecule has 1 saturated heterocycles. The summed E-state index contributed by atoms with van der Waals surface area (Å²) in [5.74, 6) is 1.99. The van der Waals surface area contributed by atoms with E-state index in [1.807, 2.05) is 6.92 Å². The minimum atomic E-state index is -0.551. The van der Waals surface area contributed by atoms with Gasteiger partial charge in [0, 0.05) is 24.0 Å². The molecule has 5 aliphatic rings. The molecule has 0 unspecified atom stereocenters. The molecule has 1 aliphatic heterocycles. The summed E-state index contributed by atoms with van der Waals surface area (Å²) in [5, 5.41) is 15.6. The normalized spacial score (nSPS) is 36.0. The molecule has 1 aromatic heterocycles. The second-order valence-corrected chi connectivity index (χ2v) is 11.4. The molecule has 2 N–H and O–H groups in total. The van der Waals surface area contributed by atoms with E-state index in [1.165, 1.54) is 12.0 Å². The number of carbonyl (C=O) groups excluding carboxylic acids is 1. The summed E-state index contributed by atoms with van der Waals surface area (Å²) in [5.41, 5.74) is 2.41. The fourth-order valence-electron chi connectivity index (χ4n) is 7.62. The monoisotopic (exact) mass is 434 g/mol. The lowest BCUT2D eigenvalue weighted by Crippen LogP contribution is -2.66. The Morgan fingerprint density at radius 3 is 2.69 bits per heavy atom. The van der Waals surface area contributed by atoms with Gasteiger partial charge in [-0.15, -0.1) is 0 Å². The number of hydrogen-bond donors (Lipinski definition) is 2. The third kappa shape index (κ3) is 3.47. The highest BCUT2D eigenvalue weighted by Crippen LogP contribution is 2.57. The summed E-state index contributed by atoms with van der Waals surface area (Å²) in [7, 11) is 0. The predicted molar refractivity (Wildman–Crippen MR) is 124 cm³/mol. The number of aryl methyl sites for hydroxylation is 2. The van der Waals surface area contributed by atoms with Crippen LogP contribution in [0.15, 0.2) is 18.2 Å². The number of rotatable bonds is 3. The lowest BCUT2D eigenvalue weighted by Gasteiger charge is -2.60. The van der Waals surface area contributed by atoms with Crippen LogP contribution in [-0.4, -0.2) is 45.2 Å². The Kier molecular flexibility index (Phi) is 4.55. The Morgan fingerprint density at radius 1 is 1.16 bits per heavy atom. The van der Waals surface area contributed by atoms with Crippen LogP contribution in [0.25, 0.3) is 10.9 Å². The van der Waals surface area contributed by atoms with Crippen LogP contribution in [-0.2, 0) is 4.79 Å². The fraction of sp³-hybridized carbons (Fsp3) is 0.654. The number of nitrogens with one attached hydrogen (secondary N) is 1. The first-order valence-corrected chi connectivity index (χ1v) is 12.3. The van der Waals surface area contributed by atoms with Gasteiger partial charge in [0.2, 0.25) is 11.9 Å². The number of carbonyl (C=O) groups is 1. The van der Waals surface area contributed by atoms with Crippen molar-refractivity contribution < 1.29 is 9.90 Å². The highest BCUT2D eigenvalue weighted by Gasteiger charge is 2.57. The molecule has 2 heterocycles. The number of benzene rings is 1. The number of hydrogen-bond acceptors (Lipinski definition) is 5. The Balaban J connectivity index is 1.20. The topological polar surface area (TPSA) is 78.4 Å². The molecule has 5 fully saturated rings. The molecule has 1 aromatic carbocycles. The zero-order valence-corrected chi connectivity index (χ0v) is 19.2. The molecule has 2 aromatic rings. The zero-order chi connectivity index (χ0) is 22.1. The average Bonchev–Trinajstić information content (AvgIpc) is 2.71. The summed E-state index contributed by atoms with van der Waals surface area (Å²) >= 11 is 0. The van der Waals surface area contributed by atoms with Gasteiger partial charge in [-0.2, -0.15) is 0 Å². The predicted octanol–water partition coefficient (Wildman–Crippen LogP) is 3.66. The lowest BCUT2D eigenvalue weighted by atomic mass is 9.51. The molecular formula is C26H34N4O2. The maximum absolute atomic E-state index is 13.4. The molecule has 3 atom stereocenters. The first-order chi connectivity index (χ1) is 15.3. The van der Waals surface area contributed by atoms with Crippen LogP contribution in [0.2, 0.25) is 0 Å². The molecule has 0 spiro atoms. The van der Waals surface area contributed by atoms with Gasteiger partial charge >= 0.3 is 0 Å². The van der Waals surface area contributed by atoms with Crippen molar-refractivity contribution in [2.45, 2.75) is 76.4 Å². The SMILES string of the molecule is Cc1ccc2c(C)nc(N3CCC[C@H](C(=O)NC45C[C@@H]6C[C@H](CC(O)(C6)C4)C5)C3)nc2c1. The number of nitrogens with zero attached hydrogens (tertiary/aromatic N) is 3. The highest BCUT2D eigenvalue weighted by molar-refractivity contribution is 5.83. The van der Waals surface area contributed by atoms with Crippen LogP contribution in [0.3, 0.4) is 0 Å². The quantitative estimate of drug-likeness (QED) is 0.771. The van der Waals surface area contributed by atoms with Crippen LogP contribution < -0.4 is 10.2 Å². The molecule has 4 bridgehead atoms.